The molecule has 4 heterocycles. The fourth-order valence-electron chi connectivity index (χ4n) is 12.7. The fourth-order valence-corrected chi connectivity index (χ4v) is 12.7. The van der Waals surface area contributed by atoms with Crippen molar-refractivity contribution in [3.63, 3.8) is 0 Å². The fraction of sp³-hybridized carbons (Fsp3) is 0.206. The summed E-state index contributed by atoms with van der Waals surface area (Å²) >= 11 is 0. The molecule has 1 aromatic heterocycles. The van der Waals surface area contributed by atoms with Crippen molar-refractivity contribution in [2.24, 2.45) is 5.92 Å². The standard InChI is InChI=1S/C63H56N6O/c64-51-38-45(63-66-61(43-30-26-41(27-31-43)39-14-3-1-4-15-39)65-62(67-63)44-32-28-42(29-33-44)40-16-5-2-6-17-40)34-36-54(51)69-52-22-10-7-18-46(52)48-35-37-55-58(59(48)69)50-20-8-11-23-53(50)68(55)56-24-13-21-49-47-19-9-12-25-57(47)70-60(49)56/h1,3-5,7-11,13-24,26-32,34-38,44,55-56,58,60-63,65-67H,2,6,12,25,33,64H2. The van der Waals surface area contributed by atoms with Gasteiger partial charge >= 0.3 is 0 Å². The number of para-hydroxylation sites is 2. The minimum Gasteiger partial charge on any atom is -0.487 e. The molecular formula is C63H56N6O. The summed E-state index contributed by atoms with van der Waals surface area (Å²) in [6, 6.07) is 44.3. The summed E-state index contributed by atoms with van der Waals surface area (Å²) in [5.41, 5.74) is 25.4. The van der Waals surface area contributed by atoms with Crippen molar-refractivity contribution in [3.8, 4) is 16.8 Å². The lowest BCUT2D eigenvalue weighted by Gasteiger charge is -2.42. The maximum Gasteiger partial charge on any atom is 0.148 e. The first kappa shape index (κ1) is 41.5. The molecule has 7 heteroatoms. The van der Waals surface area contributed by atoms with E-state index in [0.717, 1.165) is 60.3 Å². The molecular weight excluding hydrogens is 857 g/mol. The minimum absolute atomic E-state index is 0.00306. The van der Waals surface area contributed by atoms with Crippen molar-refractivity contribution in [2.75, 3.05) is 10.6 Å². The zero-order chi connectivity index (χ0) is 46.3. The molecule has 7 nitrogen and oxygen atoms in total. The van der Waals surface area contributed by atoms with Crippen molar-refractivity contribution >= 4 is 28.4 Å². The number of nitrogens with one attached hydrogen (secondary N) is 3. The first-order valence-corrected chi connectivity index (χ1v) is 25.4. The molecule has 0 amide bonds. The topological polar surface area (TPSA) is 79.5 Å². The van der Waals surface area contributed by atoms with Gasteiger partial charge in [-0.05, 0) is 88.9 Å². The van der Waals surface area contributed by atoms with Gasteiger partial charge in [-0.25, -0.2) is 0 Å². The van der Waals surface area contributed by atoms with Gasteiger partial charge in [-0.1, -0.05) is 176 Å². The second-order valence-corrected chi connectivity index (χ2v) is 20.0. The molecule has 70 heavy (non-hydrogen) atoms. The monoisotopic (exact) mass is 912 g/mol. The average Bonchev–Trinajstić information content (AvgIpc) is 4.09. The van der Waals surface area contributed by atoms with Crippen molar-refractivity contribution in [3.05, 3.63) is 250 Å². The number of ether oxygens (including phenoxy) is 1. The summed E-state index contributed by atoms with van der Waals surface area (Å²) in [4.78, 5) is 2.64. The Kier molecular flexibility index (Phi) is 10.0. The van der Waals surface area contributed by atoms with E-state index in [1.807, 2.05) is 0 Å². The molecule has 1 saturated heterocycles. The molecule has 5 aliphatic carbocycles. The van der Waals surface area contributed by atoms with E-state index in [9.17, 15) is 0 Å². The number of rotatable bonds is 7. The van der Waals surface area contributed by atoms with Crippen LogP contribution in [0.5, 0.6) is 0 Å². The molecule has 1 fully saturated rings. The normalized spacial score (nSPS) is 27.0. The van der Waals surface area contributed by atoms with Crippen molar-refractivity contribution in [1.82, 2.24) is 20.5 Å². The van der Waals surface area contributed by atoms with Crippen LogP contribution in [0.15, 0.2) is 222 Å². The third-order valence-electron chi connectivity index (χ3n) is 16.0. The molecule has 0 spiro atoms. The molecule has 8 atom stereocenters. The number of aromatic nitrogens is 1. The predicted octanol–water partition coefficient (Wildman–Crippen LogP) is 12.7. The van der Waals surface area contributed by atoms with Gasteiger partial charge in [0.25, 0.3) is 0 Å². The van der Waals surface area contributed by atoms with Crippen LogP contribution in [0.1, 0.15) is 78.3 Å². The lowest BCUT2D eigenvalue weighted by Crippen LogP contribution is -2.61. The van der Waals surface area contributed by atoms with E-state index in [0.29, 0.717) is 0 Å². The van der Waals surface area contributed by atoms with Crippen LogP contribution in [0.25, 0.3) is 33.8 Å². The van der Waals surface area contributed by atoms with E-state index in [1.165, 1.54) is 66.9 Å². The highest BCUT2D eigenvalue weighted by Gasteiger charge is 2.49. The molecule has 0 radical (unpaired) electrons. The highest BCUT2D eigenvalue weighted by molar-refractivity contribution is 5.96. The van der Waals surface area contributed by atoms with Crippen LogP contribution in [-0.4, -0.2) is 28.9 Å². The number of nitrogens with zero attached hydrogens (tertiary/aromatic N) is 2. The molecule has 0 bridgehead atoms. The van der Waals surface area contributed by atoms with E-state index in [1.54, 1.807) is 0 Å². The van der Waals surface area contributed by atoms with E-state index in [4.69, 9.17) is 10.5 Å². The number of nitrogen functional groups attached to an aromatic ring is 1. The van der Waals surface area contributed by atoms with Gasteiger partial charge in [-0.3, -0.25) is 16.0 Å². The van der Waals surface area contributed by atoms with Crippen LogP contribution < -0.4 is 26.6 Å². The van der Waals surface area contributed by atoms with Crippen LogP contribution >= 0.6 is 0 Å². The first-order valence-electron chi connectivity index (χ1n) is 25.4. The minimum atomic E-state index is -0.169. The summed E-state index contributed by atoms with van der Waals surface area (Å²) in [5, 5.41) is 13.2. The molecule has 5 N–H and O–H groups in total. The number of hydrogen-bond donors (Lipinski definition) is 4. The third kappa shape index (κ3) is 6.82. The van der Waals surface area contributed by atoms with Gasteiger partial charge in [0.15, 0.2) is 0 Å². The summed E-state index contributed by atoms with van der Waals surface area (Å²) < 4.78 is 9.37. The molecule has 6 aromatic rings. The summed E-state index contributed by atoms with van der Waals surface area (Å²) in [7, 11) is 0. The van der Waals surface area contributed by atoms with E-state index in [2.05, 4.69) is 226 Å². The molecule has 5 aromatic carbocycles. The van der Waals surface area contributed by atoms with Crippen molar-refractivity contribution in [1.29, 1.82) is 0 Å². The first-order chi connectivity index (χ1) is 34.6. The lowest BCUT2D eigenvalue weighted by atomic mass is 9.84. The highest BCUT2D eigenvalue weighted by Crippen LogP contribution is 2.54. The summed E-state index contributed by atoms with van der Waals surface area (Å²) in [5.74, 6) is 1.46. The number of hydrogen-bond acceptors (Lipinski definition) is 6. The quantitative estimate of drug-likeness (QED) is 0.120. The molecule has 0 saturated carbocycles. The van der Waals surface area contributed by atoms with Gasteiger partial charge in [0.2, 0.25) is 0 Å². The van der Waals surface area contributed by atoms with Crippen LogP contribution in [0.4, 0.5) is 11.4 Å². The Bertz CT molecular complexity index is 3380. The number of benzene rings is 5. The molecule has 8 aliphatic rings. The Hall–Kier alpha value is -7.42. The van der Waals surface area contributed by atoms with Crippen LogP contribution in [0, 0.1) is 5.92 Å². The Morgan fingerprint density at radius 2 is 1.41 bits per heavy atom. The lowest BCUT2D eigenvalue weighted by molar-refractivity contribution is 0.142. The Balaban J connectivity index is 0.815. The van der Waals surface area contributed by atoms with Crippen molar-refractivity contribution < 1.29 is 4.74 Å². The van der Waals surface area contributed by atoms with Gasteiger partial charge in [0.1, 0.15) is 11.9 Å². The second-order valence-electron chi connectivity index (χ2n) is 20.0. The Morgan fingerprint density at radius 3 is 2.26 bits per heavy atom. The summed E-state index contributed by atoms with van der Waals surface area (Å²) in [6.07, 6.45) is 35.1. The zero-order valence-electron chi connectivity index (χ0n) is 39.1. The SMILES string of the molecule is Nc1cc(C2NC(c3ccc(-c4ccccc4)cc3)NC(C3C=CC(C4=CCCC=C4)=CC3)N2)ccc1-n1c2c(c3ccccc31)C=CC1C2c2ccccc2N1C1C=CC=C2C3=C(CCC=C3)OC21. The molecule has 14 rings (SSSR count). The predicted molar refractivity (Wildman–Crippen MR) is 285 cm³/mol. The van der Waals surface area contributed by atoms with Crippen molar-refractivity contribution in [2.45, 2.75) is 74.7 Å². The molecule has 344 valence electrons. The number of fused-ring (bicyclic) bond motifs is 9. The van der Waals surface area contributed by atoms with Gasteiger partial charge < -0.3 is 19.9 Å². The van der Waals surface area contributed by atoms with Crippen LogP contribution in [0.3, 0.4) is 0 Å². The van der Waals surface area contributed by atoms with Gasteiger partial charge in [-0.2, -0.15) is 0 Å². The number of anilines is 2. The van der Waals surface area contributed by atoms with E-state index in [-0.39, 0.29) is 48.5 Å². The van der Waals surface area contributed by atoms with Gasteiger partial charge in [0, 0.05) is 45.8 Å². The Labute approximate surface area is 410 Å². The van der Waals surface area contributed by atoms with Gasteiger partial charge in [-0.15, -0.1) is 0 Å². The maximum absolute atomic E-state index is 7.42. The largest absolute Gasteiger partial charge is 0.487 e. The molecule has 8 unspecified atom stereocenters. The number of allylic oxidation sites excluding steroid dienone is 12. The zero-order valence-corrected chi connectivity index (χ0v) is 39.1. The van der Waals surface area contributed by atoms with Gasteiger partial charge in [0.05, 0.1) is 53.4 Å². The summed E-state index contributed by atoms with van der Waals surface area (Å²) in [6.45, 7) is 0. The van der Waals surface area contributed by atoms with Crippen LogP contribution in [0.2, 0.25) is 0 Å². The Morgan fingerprint density at radius 1 is 0.629 bits per heavy atom. The smallest absolute Gasteiger partial charge is 0.148 e. The maximum atomic E-state index is 7.42. The van der Waals surface area contributed by atoms with E-state index >= 15 is 0 Å². The number of nitrogens with two attached hydrogens (primary N) is 1. The second kappa shape index (κ2) is 16.9. The van der Waals surface area contributed by atoms with E-state index < -0.39 is 0 Å². The average molecular weight is 913 g/mol. The molecule has 3 aliphatic heterocycles. The van der Waals surface area contributed by atoms with Crippen LogP contribution in [-0.2, 0) is 4.74 Å². The third-order valence-corrected chi connectivity index (χ3v) is 16.0. The highest BCUT2D eigenvalue weighted by atomic mass is 16.5.